The van der Waals surface area contributed by atoms with Gasteiger partial charge in [-0.1, -0.05) is 82.6 Å². The first-order valence-corrected chi connectivity index (χ1v) is 8.89. The molecule has 2 heteroatoms. The molecule has 0 amide bonds. The van der Waals surface area contributed by atoms with Gasteiger partial charge in [0.2, 0.25) is 0 Å². The molecule has 0 fully saturated rings. The van der Waals surface area contributed by atoms with E-state index in [1.165, 1.54) is 0 Å². The van der Waals surface area contributed by atoms with Crippen molar-refractivity contribution in [1.29, 1.82) is 0 Å². The molecule has 0 N–H and O–H groups in total. The second kappa shape index (κ2) is 6.15. The highest BCUT2D eigenvalue weighted by Gasteiger charge is 2.15. The van der Waals surface area contributed by atoms with Crippen LogP contribution in [0.1, 0.15) is 9.60 Å². The maximum Gasteiger partial charge on any atom is 0.0646 e. The van der Waals surface area contributed by atoms with E-state index >= 15 is 0 Å². The van der Waals surface area contributed by atoms with E-state index in [2.05, 4.69) is 15.9 Å². The molecule has 0 aliphatic carbocycles. The lowest BCUT2D eigenvalue weighted by atomic mass is 10.0. The van der Waals surface area contributed by atoms with Crippen molar-refractivity contribution in [3.05, 3.63) is 101 Å². The minimum atomic E-state index is -0.403. The van der Waals surface area contributed by atoms with Crippen LogP contribution in [0.25, 0.3) is 38.6 Å². The normalized spacial score (nSPS) is 15.0. The minimum Gasteiger partial charge on any atom is -0.309 e. The van der Waals surface area contributed by atoms with Crippen molar-refractivity contribution in [3.63, 3.8) is 0 Å². The van der Waals surface area contributed by atoms with Crippen LogP contribution in [0.3, 0.4) is 0 Å². The van der Waals surface area contributed by atoms with E-state index in [9.17, 15) is 0 Å². The molecule has 5 rings (SSSR count). The fourth-order valence-electron chi connectivity index (χ4n) is 3.26. The highest BCUT2D eigenvalue weighted by Crippen LogP contribution is 2.36. The van der Waals surface area contributed by atoms with E-state index in [-0.39, 0.29) is 56.5 Å². The Morgan fingerprint density at radius 3 is 2.35 bits per heavy atom. The van der Waals surface area contributed by atoms with Gasteiger partial charge in [-0.05, 0) is 35.8 Å². The molecule has 0 spiro atoms. The van der Waals surface area contributed by atoms with Gasteiger partial charge in [0.05, 0.1) is 26.3 Å². The topological polar surface area (TPSA) is 4.93 Å². The lowest BCUT2D eigenvalue weighted by Crippen LogP contribution is -1.96. The maximum absolute atomic E-state index is 8.73. The largest absolute Gasteiger partial charge is 0.309 e. The predicted octanol–water partition coefficient (Wildman–Crippen LogP) is 7.21. The van der Waals surface area contributed by atoms with Crippen LogP contribution in [0, 0.1) is 0 Å². The van der Waals surface area contributed by atoms with E-state index < -0.39 is 12.1 Å². The molecule has 0 saturated carbocycles. The highest BCUT2D eigenvalue weighted by molar-refractivity contribution is 9.10. The van der Waals surface area contributed by atoms with E-state index in [0.29, 0.717) is 5.69 Å². The van der Waals surface area contributed by atoms with Crippen molar-refractivity contribution in [2.45, 2.75) is 0 Å². The fraction of sp³-hybridized carbons (Fsp3) is 0. The average Bonchev–Trinajstić information content (AvgIpc) is 3.20. The average molecular weight is 405 g/mol. The summed E-state index contributed by atoms with van der Waals surface area (Å²) in [6, 6.07) is 15.2. The van der Waals surface area contributed by atoms with E-state index in [1.54, 1.807) is 4.57 Å². The van der Waals surface area contributed by atoms with Crippen molar-refractivity contribution < 1.29 is 9.60 Å². The summed E-state index contributed by atoms with van der Waals surface area (Å²) >= 11 is 3.23. The molecule has 1 heterocycles. The molecule has 4 aromatic carbocycles. The quantitative estimate of drug-likeness (QED) is 0.292. The van der Waals surface area contributed by atoms with Crippen molar-refractivity contribution in [1.82, 2.24) is 4.57 Å². The summed E-state index contributed by atoms with van der Waals surface area (Å²) in [7, 11) is 0. The molecule has 1 aromatic heterocycles. The van der Waals surface area contributed by atoms with Crippen LogP contribution in [0.15, 0.2) is 101 Å². The standard InChI is InChI=1S/C24H16BrN/c25-18-14-15-24-21(16-18)20-11-5-7-13-23(20)26(24)22-12-6-4-10-19(22)17-8-2-1-3-9-17/h1-16H/i5D,7D,11D,13D,14D,15D,16D. The smallest absolute Gasteiger partial charge is 0.0646 e. The summed E-state index contributed by atoms with van der Waals surface area (Å²) in [5.41, 5.74) is 2.68. The maximum atomic E-state index is 8.73. The number of hydrogen-bond acceptors (Lipinski definition) is 0. The van der Waals surface area contributed by atoms with Gasteiger partial charge in [0.15, 0.2) is 0 Å². The van der Waals surface area contributed by atoms with Gasteiger partial charge in [0, 0.05) is 20.8 Å². The summed E-state index contributed by atoms with van der Waals surface area (Å²) < 4.78 is 61.2. The van der Waals surface area contributed by atoms with Gasteiger partial charge in [-0.3, -0.25) is 0 Å². The molecule has 1 nitrogen and oxygen atoms in total. The van der Waals surface area contributed by atoms with Crippen molar-refractivity contribution in [3.8, 4) is 16.8 Å². The van der Waals surface area contributed by atoms with Crippen LogP contribution in [0.4, 0.5) is 0 Å². The first-order chi connectivity index (χ1) is 15.8. The van der Waals surface area contributed by atoms with E-state index in [4.69, 9.17) is 9.60 Å². The van der Waals surface area contributed by atoms with Gasteiger partial charge in [-0.15, -0.1) is 0 Å². The summed E-state index contributed by atoms with van der Waals surface area (Å²) in [5.74, 6) is 0. The van der Waals surface area contributed by atoms with Crippen molar-refractivity contribution in [2.24, 2.45) is 0 Å². The number of nitrogens with zero attached hydrogens (tertiary/aromatic N) is 1. The molecule has 0 radical (unpaired) electrons. The SMILES string of the molecule is [2H]c1c([2H])c([2H])c2c(c1[2H])c1c([2H])c(Br)c([2H])c([2H])c1n2-c1ccccc1-c1ccccc1. The summed E-state index contributed by atoms with van der Waals surface area (Å²) in [5, 5.41) is 0.380. The van der Waals surface area contributed by atoms with E-state index in [0.717, 1.165) is 11.1 Å². The second-order valence-electron chi connectivity index (χ2n) is 5.85. The number of fused-ring (bicyclic) bond motifs is 3. The Bertz CT molecular complexity index is 1520. The zero-order valence-corrected chi connectivity index (χ0v) is 15.1. The lowest BCUT2D eigenvalue weighted by molar-refractivity contribution is 1.18. The Morgan fingerprint density at radius 1 is 0.731 bits per heavy atom. The Morgan fingerprint density at radius 2 is 1.46 bits per heavy atom. The Labute approximate surface area is 170 Å². The first kappa shape index (κ1) is 9.75. The fourth-order valence-corrected chi connectivity index (χ4v) is 3.56. The molecule has 5 aromatic rings. The van der Waals surface area contributed by atoms with Crippen LogP contribution in [0.2, 0.25) is 0 Å². The monoisotopic (exact) mass is 404 g/mol. The third-order valence-electron chi connectivity index (χ3n) is 4.36. The van der Waals surface area contributed by atoms with Gasteiger partial charge in [0.25, 0.3) is 0 Å². The molecular formula is C24H16BrN. The van der Waals surface area contributed by atoms with Crippen molar-refractivity contribution >= 4 is 37.7 Å². The summed E-state index contributed by atoms with van der Waals surface area (Å²) in [4.78, 5) is 0. The molecule has 0 atom stereocenters. The molecule has 124 valence electrons. The Hall–Kier alpha value is -2.84. The Kier molecular flexibility index (Phi) is 2.31. The van der Waals surface area contributed by atoms with Gasteiger partial charge in [0.1, 0.15) is 0 Å². The number of rotatable bonds is 2. The molecule has 0 aliphatic heterocycles. The number of aromatic nitrogens is 1. The number of halogens is 1. The number of para-hydroxylation sites is 2. The van der Waals surface area contributed by atoms with Crippen LogP contribution >= 0.6 is 15.9 Å². The molecule has 0 aliphatic rings. The summed E-state index contributed by atoms with van der Waals surface area (Å²) in [6.07, 6.45) is 0. The second-order valence-corrected chi connectivity index (χ2v) is 6.65. The van der Waals surface area contributed by atoms with Crippen molar-refractivity contribution in [2.75, 3.05) is 0 Å². The number of benzene rings is 4. The van der Waals surface area contributed by atoms with Gasteiger partial charge >= 0.3 is 0 Å². The predicted molar refractivity (Wildman–Crippen MR) is 114 cm³/mol. The zero-order valence-electron chi connectivity index (χ0n) is 20.5. The highest BCUT2D eigenvalue weighted by atomic mass is 79.9. The zero-order chi connectivity index (χ0) is 23.6. The van der Waals surface area contributed by atoms with Gasteiger partial charge in [-0.25, -0.2) is 0 Å². The van der Waals surface area contributed by atoms with Crippen LogP contribution in [-0.2, 0) is 0 Å². The van der Waals surface area contributed by atoms with Crippen LogP contribution in [0.5, 0.6) is 0 Å². The van der Waals surface area contributed by atoms with Gasteiger partial charge in [-0.2, -0.15) is 0 Å². The number of hydrogen-bond donors (Lipinski definition) is 0. The molecular weight excluding hydrogens is 382 g/mol. The van der Waals surface area contributed by atoms with Gasteiger partial charge < -0.3 is 4.57 Å². The van der Waals surface area contributed by atoms with Crippen LogP contribution in [-0.4, -0.2) is 4.57 Å². The lowest BCUT2D eigenvalue weighted by Gasteiger charge is -2.14. The minimum absolute atomic E-state index is 0.0861. The molecule has 0 unspecified atom stereocenters. The van der Waals surface area contributed by atoms with E-state index in [1.807, 2.05) is 54.6 Å². The third kappa shape index (κ3) is 2.38. The third-order valence-corrected chi connectivity index (χ3v) is 4.75. The molecule has 26 heavy (non-hydrogen) atoms. The summed E-state index contributed by atoms with van der Waals surface area (Å²) in [6.45, 7) is 0. The molecule has 0 bridgehead atoms. The van der Waals surface area contributed by atoms with Crippen LogP contribution < -0.4 is 0 Å². The molecule has 0 saturated heterocycles. The Balaban J connectivity index is 2.11. The first-order valence-electron chi connectivity index (χ1n) is 11.6.